The highest BCUT2D eigenvalue weighted by atomic mass is 16.7. The van der Waals surface area contributed by atoms with Gasteiger partial charge in [0.2, 0.25) is 0 Å². The highest BCUT2D eigenvalue weighted by Crippen LogP contribution is 2.44. The van der Waals surface area contributed by atoms with E-state index in [9.17, 15) is 9.59 Å². The SMILES string of the molecule is NC(=O)C1=C[C@H]2[C@H]3C=C[C@@H]2C(=O)O[C@@H]3O1. The van der Waals surface area contributed by atoms with Gasteiger partial charge in [-0.2, -0.15) is 0 Å². The van der Waals surface area contributed by atoms with Crippen LogP contribution in [-0.2, 0) is 19.1 Å². The van der Waals surface area contributed by atoms with Gasteiger partial charge in [0, 0.05) is 5.92 Å². The highest BCUT2D eigenvalue weighted by molar-refractivity contribution is 5.90. The molecule has 0 radical (unpaired) electrons. The van der Waals surface area contributed by atoms with Crippen molar-refractivity contribution in [3.8, 4) is 0 Å². The number of hydrogen-bond acceptors (Lipinski definition) is 4. The van der Waals surface area contributed by atoms with Gasteiger partial charge in [-0.1, -0.05) is 12.2 Å². The first-order chi connectivity index (χ1) is 7.16. The largest absolute Gasteiger partial charge is 0.449 e. The maximum Gasteiger partial charge on any atom is 0.316 e. The Morgan fingerprint density at radius 2 is 2.07 bits per heavy atom. The average molecular weight is 207 g/mol. The monoisotopic (exact) mass is 207 g/mol. The van der Waals surface area contributed by atoms with Crippen molar-refractivity contribution in [1.82, 2.24) is 0 Å². The average Bonchev–Trinajstić information content (AvgIpc) is 2.51. The van der Waals surface area contributed by atoms with E-state index < -0.39 is 12.2 Å². The lowest BCUT2D eigenvalue weighted by molar-refractivity contribution is -0.203. The molecule has 5 heteroatoms. The molecule has 1 aliphatic carbocycles. The van der Waals surface area contributed by atoms with Gasteiger partial charge in [0.1, 0.15) is 0 Å². The maximum atomic E-state index is 11.4. The fourth-order valence-corrected chi connectivity index (χ4v) is 2.32. The van der Waals surface area contributed by atoms with Crippen molar-refractivity contribution in [2.45, 2.75) is 6.29 Å². The molecule has 78 valence electrons. The van der Waals surface area contributed by atoms with E-state index in [1.807, 2.05) is 12.2 Å². The quantitative estimate of drug-likeness (QED) is 0.472. The van der Waals surface area contributed by atoms with Gasteiger partial charge in [0.05, 0.1) is 11.8 Å². The molecule has 2 N–H and O–H groups in total. The van der Waals surface area contributed by atoms with E-state index in [1.54, 1.807) is 6.08 Å². The second-order valence-corrected chi connectivity index (χ2v) is 3.88. The van der Waals surface area contributed by atoms with Crippen LogP contribution in [0, 0.1) is 17.8 Å². The van der Waals surface area contributed by atoms with Crippen molar-refractivity contribution in [2.75, 3.05) is 0 Å². The lowest BCUT2D eigenvalue weighted by Gasteiger charge is -2.37. The van der Waals surface area contributed by atoms with Crippen LogP contribution < -0.4 is 5.73 Å². The molecule has 1 saturated heterocycles. The number of carbonyl (C=O) groups is 2. The van der Waals surface area contributed by atoms with Gasteiger partial charge in [-0.3, -0.25) is 9.59 Å². The molecule has 5 nitrogen and oxygen atoms in total. The molecule has 2 heterocycles. The van der Waals surface area contributed by atoms with E-state index in [0.29, 0.717) is 0 Å². The van der Waals surface area contributed by atoms with E-state index in [0.717, 1.165) is 0 Å². The second-order valence-electron chi connectivity index (χ2n) is 3.88. The van der Waals surface area contributed by atoms with E-state index in [1.165, 1.54) is 0 Å². The van der Waals surface area contributed by atoms with Crippen LogP contribution in [0.5, 0.6) is 0 Å². The molecule has 3 aliphatic rings. The van der Waals surface area contributed by atoms with Gasteiger partial charge >= 0.3 is 5.97 Å². The first-order valence-corrected chi connectivity index (χ1v) is 4.74. The molecule has 4 atom stereocenters. The zero-order valence-electron chi connectivity index (χ0n) is 7.75. The van der Waals surface area contributed by atoms with Crippen molar-refractivity contribution in [3.05, 3.63) is 24.0 Å². The van der Waals surface area contributed by atoms with Gasteiger partial charge in [0.15, 0.2) is 5.76 Å². The van der Waals surface area contributed by atoms with E-state index in [2.05, 4.69) is 0 Å². The number of allylic oxidation sites excluding steroid dienone is 1. The summed E-state index contributed by atoms with van der Waals surface area (Å²) >= 11 is 0. The van der Waals surface area contributed by atoms with Crippen molar-refractivity contribution in [3.63, 3.8) is 0 Å². The normalized spacial score (nSPS) is 40.5. The third-order valence-electron chi connectivity index (χ3n) is 3.05. The standard InChI is InChI=1S/C10H9NO4/c11-8(12)7-3-6-4-1-2-5(6)10(14-7)15-9(4)13/h1-6,10H,(H2,11,12)/t4-,5+,6+,10-/m0/s1. The van der Waals surface area contributed by atoms with Crippen LogP contribution in [0.2, 0.25) is 0 Å². The van der Waals surface area contributed by atoms with Crippen molar-refractivity contribution in [2.24, 2.45) is 23.5 Å². The Bertz CT molecular complexity index is 412. The Kier molecular flexibility index (Phi) is 1.49. The Balaban J connectivity index is 2.03. The summed E-state index contributed by atoms with van der Waals surface area (Å²) in [6, 6.07) is 0. The minimum atomic E-state index is -0.690. The number of primary amides is 1. The fourth-order valence-electron chi connectivity index (χ4n) is 2.32. The van der Waals surface area contributed by atoms with Crippen LogP contribution in [0.15, 0.2) is 24.0 Å². The molecule has 0 spiro atoms. The van der Waals surface area contributed by atoms with E-state index >= 15 is 0 Å². The smallest absolute Gasteiger partial charge is 0.316 e. The van der Waals surface area contributed by atoms with Crippen molar-refractivity contribution in [1.29, 1.82) is 0 Å². The van der Waals surface area contributed by atoms with Crippen LogP contribution in [0.1, 0.15) is 0 Å². The number of rotatable bonds is 1. The minimum absolute atomic E-state index is 0.0239. The molecule has 0 saturated carbocycles. The molecule has 1 amide bonds. The zero-order chi connectivity index (χ0) is 10.6. The molecule has 4 bridgehead atoms. The predicted molar refractivity (Wildman–Crippen MR) is 47.9 cm³/mol. The Labute approximate surface area is 85.5 Å². The van der Waals surface area contributed by atoms with Gasteiger partial charge < -0.3 is 15.2 Å². The molecule has 2 aliphatic heterocycles. The number of carbonyl (C=O) groups excluding carboxylic acids is 2. The van der Waals surface area contributed by atoms with E-state index in [4.69, 9.17) is 15.2 Å². The van der Waals surface area contributed by atoms with Gasteiger partial charge in [0.25, 0.3) is 12.2 Å². The van der Waals surface area contributed by atoms with Crippen LogP contribution in [0.4, 0.5) is 0 Å². The van der Waals surface area contributed by atoms with E-state index in [-0.39, 0.29) is 29.5 Å². The first kappa shape index (κ1) is 8.52. The lowest BCUT2D eigenvalue weighted by atomic mass is 9.83. The number of hydrogen-bond donors (Lipinski definition) is 1. The van der Waals surface area contributed by atoms with Gasteiger partial charge in [-0.05, 0) is 6.08 Å². The fraction of sp³-hybridized carbons (Fsp3) is 0.400. The summed E-state index contributed by atoms with van der Waals surface area (Å²) in [4.78, 5) is 22.4. The third kappa shape index (κ3) is 1.03. The van der Waals surface area contributed by atoms with Gasteiger partial charge in [-0.15, -0.1) is 0 Å². The number of nitrogens with two attached hydrogens (primary N) is 1. The summed E-state index contributed by atoms with van der Waals surface area (Å²) in [5.74, 6) is -1.12. The lowest BCUT2D eigenvalue weighted by Crippen LogP contribution is -2.45. The highest BCUT2D eigenvalue weighted by Gasteiger charge is 2.50. The summed E-state index contributed by atoms with van der Waals surface area (Å²) < 4.78 is 10.3. The van der Waals surface area contributed by atoms with Crippen LogP contribution in [0.25, 0.3) is 0 Å². The summed E-state index contributed by atoms with van der Waals surface area (Å²) in [5, 5.41) is 0. The molecule has 0 aromatic rings. The summed E-state index contributed by atoms with van der Waals surface area (Å²) in [7, 11) is 0. The molecule has 1 fully saturated rings. The summed E-state index contributed by atoms with van der Waals surface area (Å²) in [6.45, 7) is 0. The van der Waals surface area contributed by atoms with Crippen LogP contribution in [0.3, 0.4) is 0 Å². The van der Waals surface area contributed by atoms with Crippen molar-refractivity contribution >= 4 is 11.9 Å². The molecule has 0 aromatic heterocycles. The molecular formula is C10H9NO4. The molecular weight excluding hydrogens is 198 g/mol. The number of esters is 1. The number of amides is 1. The molecule has 0 unspecified atom stereocenters. The summed E-state index contributed by atoms with van der Waals surface area (Å²) in [5.41, 5.74) is 5.12. The third-order valence-corrected chi connectivity index (χ3v) is 3.05. The predicted octanol–water partition coefficient (Wildman–Crippen LogP) is -0.313. The zero-order valence-corrected chi connectivity index (χ0v) is 7.75. The topological polar surface area (TPSA) is 78.6 Å². The molecule has 15 heavy (non-hydrogen) atoms. The Morgan fingerprint density at radius 1 is 1.27 bits per heavy atom. The van der Waals surface area contributed by atoms with Gasteiger partial charge in [-0.25, -0.2) is 0 Å². The van der Waals surface area contributed by atoms with Crippen molar-refractivity contribution < 1.29 is 19.1 Å². The van der Waals surface area contributed by atoms with Crippen LogP contribution >= 0.6 is 0 Å². The second kappa shape index (κ2) is 2.62. The molecule has 3 rings (SSSR count). The Hall–Kier alpha value is -1.78. The maximum absolute atomic E-state index is 11.4. The summed E-state index contributed by atoms with van der Waals surface area (Å²) in [6.07, 6.45) is 4.65. The number of ether oxygens (including phenoxy) is 2. The first-order valence-electron chi connectivity index (χ1n) is 4.74. The molecule has 0 aromatic carbocycles. The van der Waals surface area contributed by atoms with Crippen LogP contribution in [-0.4, -0.2) is 18.2 Å². The Morgan fingerprint density at radius 3 is 2.80 bits per heavy atom. The minimum Gasteiger partial charge on any atom is -0.449 e.